The Hall–Kier alpha value is -2.28. The van der Waals surface area contributed by atoms with Crippen LogP contribution in [0.1, 0.15) is 26.0 Å². The lowest BCUT2D eigenvalue weighted by Crippen LogP contribution is -2.22. The van der Waals surface area contributed by atoms with Gasteiger partial charge in [-0.3, -0.25) is 9.59 Å². The smallest absolute Gasteiger partial charge is 0.235 e. The molecule has 0 atom stereocenters. The van der Waals surface area contributed by atoms with E-state index in [0.717, 1.165) is 23.7 Å². The van der Waals surface area contributed by atoms with Gasteiger partial charge in [0.05, 0.1) is 30.8 Å². The van der Waals surface area contributed by atoms with E-state index in [1.54, 1.807) is 0 Å². The first kappa shape index (κ1) is 25.0. The Morgan fingerprint density at radius 1 is 1.26 bits per heavy atom. The molecule has 0 aliphatic carbocycles. The molecule has 0 bridgehead atoms. The van der Waals surface area contributed by atoms with Gasteiger partial charge in [0.2, 0.25) is 21.8 Å². The first-order chi connectivity index (χ1) is 14.4. The summed E-state index contributed by atoms with van der Waals surface area (Å²) in [6.07, 6.45) is 0.462. The summed E-state index contributed by atoms with van der Waals surface area (Å²) in [6.45, 7) is 4.05. The predicted octanol–water partition coefficient (Wildman–Crippen LogP) is 2.99. The average molecular weight is 493 g/mol. The molecule has 0 saturated carbocycles. The number of ether oxygens (including phenoxy) is 1. The molecular formula is C18H22ClFN4O5S2. The van der Waals surface area contributed by atoms with E-state index in [-0.39, 0.29) is 39.1 Å². The standard InChI is InChI=1S/C18H22ClFN4O5S2/c1-10(2)9-29-14-6-11(20)4-5-12(14)22-15(25)7-16(26)24-18-23-13(17(19)30-18)8-21-31(3,27)28/h4-6,10,21H,7-9H2,1-3H3,(H,22,25)(H,23,24,26). The molecule has 9 nitrogen and oxygen atoms in total. The van der Waals surface area contributed by atoms with Crippen LogP contribution in [-0.2, 0) is 26.2 Å². The van der Waals surface area contributed by atoms with Gasteiger partial charge in [0.1, 0.15) is 22.3 Å². The fraction of sp³-hybridized carbons (Fsp3) is 0.389. The number of thiazole rings is 1. The molecule has 3 N–H and O–H groups in total. The lowest BCUT2D eigenvalue weighted by Gasteiger charge is -2.14. The minimum atomic E-state index is -3.43. The van der Waals surface area contributed by atoms with Crippen molar-refractivity contribution in [1.82, 2.24) is 9.71 Å². The number of carbonyl (C=O) groups excluding carboxylic acids is 2. The zero-order valence-corrected chi connectivity index (χ0v) is 19.4. The fourth-order valence-electron chi connectivity index (χ4n) is 2.17. The molecule has 2 amide bonds. The van der Waals surface area contributed by atoms with Gasteiger partial charge in [-0.25, -0.2) is 22.5 Å². The van der Waals surface area contributed by atoms with Gasteiger partial charge in [0.25, 0.3) is 0 Å². The number of benzene rings is 1. The number of halogens is 2. The Bertz CT molecular complexity index is 1060. The van der Waals surface area contributed by atoms with Crippen molar-refractivity contribution in [2.24, 2.45) is 5.92 Å². The molecule has 170 valence electrons. The number of rotatable bonds is 10. The first-order valence-corrected chi connectivity index (χ1v) is 12.1. The van der Waals surface area contributed by atoms with Gasteiger partial charge in [0.15, 0.2) is 5.13 Å². The number of amides is 2. The molecule has 13 heteroatoms. The van der Waals surface area contributed by atoms with Gasteiger partial charge in [-0.05, 0) is 18.1 Å². The third kappa shape index (κ3) is 8.77. The third-order valence-electron chi connectivity index (χ3n) is 3.51. The van der Waals surface area contributed by atoms with Crippen molar-refractivity contribution in [3.63, 3.8) is 0 Å². The second-order valence-electron chi connectivity index (χ2n) is 6.95. The van der Waals surface area contributed by atoms with Crippen molar-refractivity contribution < 1.29 is 27.1 Å². The van der Waals surface area contributed by atoms with Crippen LogP contribution >= 0.6 is 22.9 Å². The van der Waals surface area contributed by atoms with Gasteiger partial charge in [-0.15, -0.1) is 0 Å². The molecular weight excluding hydrogens is 471 g/mol. The monoisotopic (exact) mass is 492 g/mol. The second kappa shape index (κ2) is 10.8. The van der Waals surface area contributed by atoms with E-state index in [2.05, 4.69) is 20.3 Å². The molecule has 1 aromatic carbocycles. The van der Waals surface area contributed by atoms with E-state index in [9.17, 15) is 22.4 Å². The number of aromatic nitrogens is 1. The third-order valence-corrected chi connectivity index (χ3v) is 5.43. The summed E-state index contributed by atoms with van der Waals surface area (Å²) in [4.78, 5) is 28.4. The highest BCUT2D eigenvalue weighted by Crippen LogP contribution is 2.28. The number of nitrogens with one attached hydrogen (secondary N) is 3. The fourth-order valence-corrected chi connectivity index (χ4v) is 3.63. The summed E-state index contributed by atoms with van der Waals surface area (Å²) in [7, 11) is -3.43. The highest BCUT2D eigenvalue weighted by atomic mass is 35.5. The largest absolute Gasteiger partial charge is 0.491 e. The topological polar surface area (TPSA) is 126 Å². The van der Waals surface area contributed by atoms with Gasteiger partial charge < -0.3 is 15.4 Å². The van der Waals surface area contributed by atoms with E-state index >= 15 is 0 Å². The summed E-state index contributed by atoms with van der Waals surface area (Å²) in [5, 5.41) is 5.08. The quantitative estimate of drug-likeness (QED) is 0.438. The molecule has 0 spiro atoms. The van der Waals surface area contributed by atoms with Crippen molar-refractivity contribution in [2.45, 2.75) is 26.8 Å². The molecule has 2 aromatic rings. The maximum atomic E-state index is 13.5. The van der Waals surface area contributed by atoms with Crippen molar-refractivity contribution in [3.05, 3.63) is 34.0 Å². The minimum Gasteiger partial charge on any atom is -0.491 e. The lowest BCUT2D eigenvalue weighted by atomic mass is 10.2. The maximum Gasteiger partial charge on any atom is 0.235 e. The van der Waals surface area contributed by atoms with Crippen molar-refractivity contribution in [1.29, 1.82) is 0 Å². The molecule has 0 saturated heterocycles. The van der Waals surface area contributed by atoms with E-state index in [0.29, 0.717) is 6.61 Å². The van der Waals surface area contributed by atoms with Gasteiger partial charge in [-0.1, -0.05) is 36.8 Å². The molecule has 0 aliphatic rings. The summed E-state index contributed by atoms with van der Waals surface area (Å²) in [5.74, 6) is -1.45. The summed E-state index contributed by atoms with van der Waals surface area (Å²) < 4.78 is 43.8. The van der Waals surface area contributed by atoms with Crippen LogP contribution in [0.2, 0.25) is 4.34 Å². The van der Waals surface area contributed by atoms with Gasteiger partial charge >= 0.3 is 0 Å². The van der Waals surface area contributed by atoms with Crippen molar-refractivity contribution >= 4 is 55.6 Å². The van der Waals surface area contributed by atoms with Gasteiger partial charge in [0, 0.05) is 6.07 Å². The molecule has 1 aromatic heterocycles. The number of carbonyl (C=O) groups is 2. The number of nitrogens with zero attached hydrogens (tertiary/aromatic N) is 1. The van der Waals surface area contributed by atoms with Crippen LogP contribution in [-0.4, -0.2) is 38.1 Å². The Labute approximate surface area is 188 Å². The molecule has 1 heterocycles. The molecule has 0 fully saturated rings. The highest BCUT2D eigenvalue weighted by molar-refractivity contribution is 7.88. The number of hydrogen-bond acceptors (Lipinski definition) is 7. The predicted molar refractivity (Wildman–Crippen MR) is 117 cm³/mol. The van der Waals surface area contributed by atoms with Crippen molar-refractivity contribution in [3.8, 4) is 5.75 Å². The van der Waals surface area contributed by atoms with Crippen LogP contribution in [0.4, 0.5) is 15.2 Å². The highest BCUT2D eigenvalue weighted by Gasteiger charge is 2.17. The van der Waals surface area contributed by atoms with Gasteiger partial charge in [-0.2, -0.15) is 0 Å². The SMILES string of the molecule is CC(C)COc1cc(F)ccc1NC(=O)CC(=O)Nc1nc(CNS(C)(=O)=O)c(Cl)s1. The number of sulfonamides is 1. The first-order valence-electron chi connectivity index (χ1n) is 9.05. The summed E-state index contributed by atoms with van der Waals surface area (Å²) >= 11 is 6.93. The Balaban J connectivity index is 1.96. The van der Waals surface area contributed by atoms with Crippen LogP contribution in [0.5, 0.6) is 5.75 Å². The summed E-state index contributed by atoms with van der Waals surface area (Å²) in [5.41, 5.74) is 0.487. The van der Waals surface area contributed by atoms with Crippen LogP contribution < -0.4 is 20.1 Å². The second-order valence-corrected chi connectivity index (χ2v) is 10.4. The Kier molecular flexibility index (Phi) is 8.74. The van der Waals surface area contributed by atoms with Crippen molar-refractivity contribution in [2.75, 3.05) is 23.5 Å². The normalized spacial score (nSPS) is 11.4. The van der Waals surface area contributed by atoms with Crippen LogP contribution in [0.15, 0.2) is 18.2 Å². The van der Waals surface area contributed by atoms with E-state index in [1.165, 1.54) is 12.1 Å². The van der Waals surface area contributed by atoms with E-state index < -0.39 is 34.1 Å². The molecule has 0 unspecified atom stereocenters. The zero-order valence-electron chi connectivity index (χ0n) is 17.0. The van der Waals surface area contributed by atoms with E-state index in [4.69, 9.17) is 16.3 Å². The minimum absolute atomic E-state index is 0.121. The van der Waals surface area contributed by atoms with Crippen LogP contribution in [0.3, 0.4) is 0 Å². The Morgan fingerprint density at radius 3 is 2.58 bits per heavy atom. The summed E-state index contributed by atoms with van der Waals surface area (Å²) in [6, 6.07) is 3.67. The molecule has 31 heavy (non-hydrogen) atoms. The van der Waals surface area contributed by atoms with Crippen LogP contribution in [0, 0.1) is 11.7 Å². The van der Waals surface area contributed by atoms with Crippen LogP contribution in [0.25, 0.3) is 0 Å². The average Bonchev–Trinajstić information content (AvgIpc) is 2.98. The number of anilines is 2. The molecule has 0 aliphatic heterocycles. The Morgan fingerprint density at radius 2 is 1.94 bits per heavy atom. The maximum absolute atomic E-state index is 13.5. The number of hydrogen-bond donors (Lipinski definition) is 3. The molecule has 2 rings (SSSR count). The van der Waals surface area contributed by atoms with E-state index in [1.807, 2.05) is 13.8 Å². The lowest BCUT2D eigenvalue weighted by molar-refractivity contribution is -0.123. The molecule has 0 radical (unpaired) electrons. The zero-order chi connectivity index (χ0) is 23.2.